The maximum atomic E-state index is 13.9. The van der Waals surface area contributed by atoms with Crippen LogP contribution in [0.2, 0.25) is 0 Å². The summed E-state index contributed by atoms with van der Waals surface area (Å²) in [5.74, 6) is -2.11. The van der Waals surface area contributed by atoms with Gasteiger partial charge in [-0.15, -0.1) is 0 Å². The van der Waals surface area contributed by atoms with Crippen molar-refractivity contribution < 1.29 is 23.4 Å². The molecule has 0 bridgehead atoms. The van der Waals surface area contributed by atoms with Gasteiger partial charge in [-0.2, -0.15) is 0 Å². The van der Waals surface area contributed by atoms with E-state index in [9.17, 15) is 13.6 Å². The second-order valence-electron chi connectivity index (χ2n) is 4.28. The van der Waals surface area contributed by atoms with Crippen LogP contribution in [0.1, 0.15) is 21.5 Å². The lowest BCUT2D eigenvalue weighted by atomic mass is 10.1. The Morgan fingerprint density at radius 2 is 2.00 bits per heavy atom. The van der Waals surface area contributed by atoms with Gasteiger partial charge in [-0.1, -0.05) is 12.1 Å². The maximum Gasteiger partial charge on any atom is 0.338 e. The molecule has 0 saturated carbocycles. The van der Waals surface area contributed by atoms with Gasteiger partial charge in [0, 0.05) is 5.56 Å². The predicted molar refractivity (Wildman–Crippen MR) is 68.8 cm³/mol. The van der Waals surface area contributed by atoms with Crippen LogP contribution in [-0.2, 0) is 6.61 Å². The first kappa shape index (κ1) is 14.0. The lowest BCUT2D eigenvalue weighted by Gasteiger charge is -2.10. The molecule has 0 atom stereocenters. The molecule has 2 aromatic carbocycles. The fraction of sp³-hybridized carbons (Fsp3) is 0.133. The molecule has 0 amide bonds. The lowest BCUT2D eigenvalue weighted by Crippen LogP contribution is -2.06. The zero-order valence-electron chi connectivity index (χ0n) is 10.7. The summed E-state index contributed by atoms with van der Waals surface area (Å²) in [5, 5.41) is 8.83. The van der Waals surface area contributed by atoms with Crippen LogP contribution in [-0.4, -0.2) is 11.1 Å². The molecule has 3 nitrogen and oxygen atoms in total. The minimum atomic E-state index is -1.33. The van der Waals surface area contributed by atoms with Gasteiger partial charge in [0.05, 0.1) is 5.56 Å². The molecule has 0 saturated heterocycles. The molecule has 2 aromatic rings. The number of halogens is 2. The van der Waals surface area contributed by atoms with Crippen LogP contribution >= 0.6 is 0 Å². The fourth-order valence-electron chi connectivity index (χ4n) is 1.79. The maximum absolute atomic E-state index is 13.9. The number of rotatable bonds is 4. The molecule has 0 unspecified atom stereocenters. The minimum absolute atomic E-state index is 0.126. The number of carboxylic acid groups (broad SMARTS) is 1. The quantitative estimate of drug-likeness (QED) is 0.930. The third-order valence-corrected chi connectivity index (χ3v) is 2.83. The van der Waals surface area contributed by atoms with Gasteiger partial charge in [-0.25, -0.2) is 13.6 Å². The smallest absolute Gasteiger partial charge is 0.338 e. The number of aryl methyl sites for hydroxylation is 1. The topological polar surface area (TPSA) is 46.5 Å². The Bertz CT molecular complexity index is 654. The summed E-state index contributed by atoms with van der Waals surface area (Å²) in [7, 11) is 0. The Morgan fingerprint density at radius 3 is 2.65 bits per heavy atom. The zero-order chi connectivity index (χ0) is 14.7. The molecule has 20 heavy (non-hydrogen) atoms. The van der Waals surface area contributed by atoms with Gasteiger partial charge < -0.3 is 9.84 Å². The molecule has 0 aromatic heterocycles. The molecule has 0 aliphatic rings. The van der Waals surface area contributed by atoms with E-state index in [1.807, 2.05) is 0 Å². The third-order valence-electron chi connectivity index (χ3n) is 2.83. The molecule has 2 rings (SSSR count). The number of benzene rings is 2. The van der Waals surface area contributed by atoms with Gasteiger partial charge in [0.2, 0.25) is 0 Å². The van der Waals surface area contributed by atoms with Crippen molar-refractivity contribution in [2.24, 2.45) is 0 Å². The summed E-state index contributed by atoms with van der Waals surface area (Å²) in [6.45, 7) is 1.54. The number of ether oxygens (including phenoxy) is 1. The van der Waals surface area contributed by atoms with Crippen LogP contribution in [0.3, 0.4) is 0 Å². The highest BCUT2D eigenvalue weighted by Crippen LogP contribution is 2.21. The van der Waals surface area contributed by atoms with Crippen molar-refractivity contribution in [3.05, 3.63) is 64.7 Å². The Kier molecular flexibility index (Phi) is 3.98. The second kappa shape index (κ2) is 5.69. The lowest BCUT2D eigenvalue weighted by molar-refractivity contribution is 0.0691. The molecule has 5 heteroatoms. The highest BCUT2D eigenvalue weighted by molar-refractivity contribution is 5.88. The fourth-order valence-corrected chi connectivity index (χ4v) is 1.79. The Balaban J connectivity index is 2.19. The van der Waals surface area contributed by atoms with E-state index in [4.69, 9.17) is 9.84 Å². The largest absolute Gasteiger partial charge is 0.489 e. The van der Waals surface area contributed by atoms with E-state index in [1.54, 1.807) is 6.92 Å². The first-order valence-electron chi connectivity index (χ1n) is 5.88. The highest BCUT2D eigenvalue weighted by atomic mass is 19.1. The van der Waals surface area contributed by atoms with Crippen LogP contribution in [0.4, 0.5) is 8.78 Å². The van der Waals surface area contributed by atoms with E-state index < -0.39 is 17.3 Å². The van der Waals surface area contributed by atoms with Crippen molar-refractivity contribution in [1.82, 2.24) is 0 Å². The summed E-state index contributed by atoms with van der Waals surface area (Å²) < 4.78 is 32.2. The number of carbonyl (C=O) groups is 1. The molecular weight excluding hydrogens is 266 g/mol. The van der Waals surface area contributed by atoms with E-state index in [2.05, 4.69) is 0 Å². The van der Waals surface area contributed by atoms with Gasteiger partial charge in [-0.05, 0) is 36.8 Å². The first-order chi connectivity index (χ1) is 9.49. The number of aromatic carboxylic acids is 1. The Morgan fingerprint density at radius 1 is 1.25 bits per heavy atom. The van der Waals surface area contributed by atoms with Crippen LogP contribution in [0, 0.1) is 18.6 Å². The summed E-state index contributed by atoms with van der Waals surface area (Å²) in [4.78, 5) is 10.8. The molecule has 0 fully saturated rings. The van der Waals surface area contributed by atoms with Crippen LogP contribution < -0.4 is 4.74 Å². The van der Waals surface area contributed by atoms with Crippen molar-refractivity contribution in [1.29, 1.82) is 0 Å². The average Bonchev–Trinajstić information content (AvgIpc) is 2.39. The van der Waals surface area contributed by atoms with Crippen molar-refractivity contribution in [3.63, 3.8) is 0 Å². The van der Waals surface area contributed by atoms with Gasteiger partial charge in [0.1, 0.15) is 24.0 Å². The third kappa shape index (κ3) is 2.93. The molecule has 0 spiro atoms. The average molecular weight is 278 g/mol. The van der Waals surface area contributed by atoms with Crippen molar-refractivity contribution in [2.45, 2.75) is 13.5 Å². The number of hydrogen-bond acceptors (Lipinski definition) is 2. The molecular formula is C15H12F2O3. The van der Waals surface area contributed by atoms with E-state index in [0.29, 0.717) is 11.3 Å². The normalized spacial score (nSPS) is 10.3. The summed E-state index contributed by atoms with van der Waals surface area (Å²) >= 11 is 0. The molecule has 0 heterocycles. The minimum Gasteiger partial charge on any atom is -0.489 e. The van der Waals surface area contributed by atoms with E-state index in [0.717, 1.165) is 0 Å². The predicted octanol–water partition coefficient (Wildman–Crippen LogP) is 3.55. The van der Waals surface area contributed by atoms with E-state index in [1.165, 1.54) is 36.4 Å². The Labute approximate surface area is 114 Å². The van der Waals surface area contributed by atoms with Crippen molar-refractivity contribution in [2.75, 3.05) is 0 Å². The molecule has 1 N–H and O–H groups in total. The van der Waals surface area contributed by atoms with Crippen LogP contribution in [0.25, 0.3) is 0 Å². The summed E-state index contributed by atoms with van der Waals surface area (Å²) in [6, 6.07) is 8.07. The van der Waals surface area contributed by atoms with Crippen molar-refractivity contribution in [3.8, 4) is 5.75 Å². The highest BCUT2D eigenvalue weighted by Gasteiger charge is 2.14. The van der Waals surface area contributed by atoms with Gasteiger partial charge in [0.25, 0.3) is 0 Å². The SMILES string of the molecule is Cc1cc(F)ccc1OCc1cccc(C(=O)O)c1F. The number of carboxylic acids is 1. The van der Waals surface area contributed by atoms with Crippen LogP contribution in [0.15, 0.2) is 36.4 Å². The molecule has 0 radical (unpaired) electrons. The monoisotopic (exact) mass is 278 g/mol. The van der Waals surface area contributed by atoms with Gasteiger partial charge in [-0.3, -0.25) is 0 Å². The molecule has 0 aliphatic carbocycles. The Hall–Kier alpha value is -2.43. The summed E-state index contributed by atoms with van der Waals surface area (Å²) in [5.41, 5.74) is 0.315. The second-order valence-corrected chi connectivity index (χ2v) is 4.28. The number of hydrogen-bond donors (Lipinski definition) is 1. The summed E-state index contributed by atoms with van der Waals surface area (Å²) in [6.07, 6.45) is 0. The van der Waals surface area contributed by atoms with Crippen molar-refractivity contribution >= 4 is 5.97 Å². The van der Waals surface area contributed by atoms with E-state index in [-0.39, 0.29) is 18.0 Å². The van der Waals surface area contributed by atoms with E-state index >= 15 is 0 Å². The molecule has 104 valence electrons. The van der Waals surface area contributed by atoms with Gasteiger partial charge >= 0.3 is 5.97 Å². The first-order valence-corrected chi connectivity index (χ1v) is 5.88. The molecule has 0 aliphatic heterocycles. The van der Waals surface area contributed by atoms with Gasteiger partial charge in [0.15, 0.2) is 0 Å². The standard InChI is InChI=1S/C15H12F2O3/c1-9-7-11(16)5-6-13(9)20-8-10-3-2-4-12(14(10)17)15(18)19/h2-7H,8H2,1H3,(H,18,19). The van der Waals surface area contributed by atoms with Crippen LogP contribution in [0.5, 0.6) is 5.75 Å². The zero-order valence-corrected chi connectivity index (χ0v) is 10.7.